The van der Waals surface area contributed by atoms with Crippen LogP contribution >= 0.6 is 0 Å². The second kappa shape index (κ2) is 5.35. The summed E-state index contributed by atoms with van der Waals surface area (Å²) in [4.78, 5) is 29.4. The Balaban J connectivity index is 1.77. The number of nitrogens with one attached hydrogen (secondary N) is 2. The molecule has 0 spiro atoms. The maximum Gasteiger partial charge on any atom is 0.295 e. The number of carbonyl (C=O) groups is 2. The number of benzene rings is 1. The number of carbonyl (C=O) groups excluding carboxylic acids is 2. The van der Waals surface area contributed by atoms with Crippen molar-refractivity contribution >= 4 is 23.2 Å². The minimum absolute atomic E-state index is 0.0927. The van der Waals surface area contributed by atoms with Gasteiger partial charge < -0.3 is 10.2 Å². The molecule has 2 N–H and O–H groups in total. The fraction of sp³-hybridized carbons (Fsp3) is 0.286. The van der Waals surface area contributed by atoms with Crippen LogP contribution in [0, 0.1) is 6.92 Å². The molecule has 0 bridgehead atoms. The Morgan fingerprint density at radius 1 is 1.43 bits per heavy atom. The number of aryl methyl sites for hydroxylation is 1. The Morgan fingerprint density at radius 2 is 2.29 bits per heavy atom. The van der Waals surface area contributed by atoms with E-state index < -0.39 is 0 Å². The van der Waals surface area contributed by atoms with Crippen LogP contribution in [0.25, 0.3) is 0 Å². The van der Waals surface area contributed by atoms with Gasteiger partial charge in [0.1, 0.15) is 5.82 Å². The third-order valence-electron chi connectivity index (χ3n) is 3.29. The molecule has 7 heteroatoms. The molecule has 21 heavy (non-hydrogen) atoms. The first-order valence-corrected chi connectivity index (χ1v) is 6.74. The standard InChI is InChI=1S/C14H15N5O2/c1-9-15-13(18-17-9)14(21)16-10-4-2-5-11(8-10)19-7-3-6-12(19)20/h2,4-5,8H,3,6-7H2,1H3,(H,16,21)(H,15,17,18). The summed E-state index contributed by atoms with van der Waals surface area (Å²) in [5, 5.41) is 9.16. The molecular formula is C14H15N5O2. The molecule has 0 radical (unpaired) electrons. The van der Waals surface area contributed by atoms with Crippen LogP contribution in [0.2, 0.25) is 0 Å². The number of rotatable bonds is 3. The van der Waals surface area contributed by atoms with E-state index in [9.17, 15) is 9.59 Å². The SMILES string of the molecule is Cc1nc(C(=O)Nc2cccc(N3CCCC3=O)c2)n[nH]1. The molecule has 0 unspecified atom stereocenters. The second-order valence-corrected chi connectivity index (χ2v) is 4.90. The average Bonchev–Trinajstić information content (AvgIpc) is 3.08. The summed E-state index contributed by atoms with van der Waals surface area (Å²) in [5.41, 5.74) is 1.40. The van der Waals surface area contributed by atoms with Crippen molar-refractivity contribution in [3.63, 3.8) is 0 Å². The zero-order valence-electron chi connectivity index (χ0n) is 11.6. The highest BCUT2D eigenvalue weighted by Gasteiger charge is 2.22. The van der Waals surface area contributed by atoms with E-state index in [4.69, 9.17) is 0 Å². The maximum atomic E-state index is 12.0. The summed E-state index contributed by atoms with van der Waals surface area (Å²) in [5.74, 6) is 0.402. The summed E-state index contributed by atoms with van der Waals surface area (Å²) in [7, 11) is 0. The Morgan fingerprint density at radius 3 is 2.95 bits per heavy atom. The van der Waals surface area contributed by atoms with Crippen molar-refractivity contribution in [2.24, 2.45) is 0 Å². The molecule has 108 valence electrons. The highest BCUT2D eigenvalue weighted by Crippen LogP contribution is 2.24. The molecule has 0 saturated carbocycles. The van der Waals surface area contributed by atoms with E-state index in [0.29, 0.717) is 17.9 Å². The molecule has 2 heterocycles. The maximum absolute atomic E-state index is 12.0. The molecule has 2 aromatic rings. The summed E-state index contributed by atoms with van der Waals surface area (Å²) in [6.07, 6.45) is 1.44. The van der Waals surface area contributed by atoms with Gasteiger partial charge in [0.05, 0.1) is 0 Å². The van der Waals surface area contributed by atoms with Crippen LogP contribution in [0.15, 0.2) is 24.3 Å². The van der Waals surface area contributed by atoms with Gasteiger partial charge in [-0.15, -0.1) is 5.10 Å². The highest BCUT2D eigenvalue weighted by molar-refractivity contribution is 6.02. The topological polar surface area (TPSA) is 91.0 Å². The summed E-state index contributed by atoms with van der Waals surface area (Å²) in [6.45, 7) is 2.44. The van der Waals surface area contributed by atoms with Crippen LogP contribution in [0.4, 0.5) is 11.4 Å². The van der Waals surface area contributed by atoms with Gasteiger partial charge in [-0.2, -0.15) is 0 Å². The first-order valence-electron chi connectivity index (χ1n) is 6.74. The number of hydrogen-bond acceptors (Lipinski definition) is 4. The Labute approximate surface area is 121 Å². The van der Waals surface area contributed by atoms with E-state index in [1.807, 2.05) is 6.07 Å². The number of aromatic nitrogens is 3. The Bertz CT molecular complexity index is 694. The number of H-pyrrole nitrogens is 1. The Kier molecular flexibility index (Phi) is 3.39. The number of anilines is 2. The highest BCUT2D eigenvalue weighted by atomic mass is 16.2. The normalized spacial score (nSPS) is 14.5. The van der Waals surface area contributed by atoms with Crippen molar-refractivity contribution < 1.29 is 9.59 Å². The quantitative estimate of drug-likeness (QED) is 0.894. The number of hydrogen-bond donors (Lipinski definition) is 2. The minimum atomic E-state index is -0.385. The van der Waals surface area contributed by atoms with E-state index in [0.717, 1.165) is 18.7 Å². The van der Waals surface area contributed by atoms with Crippen molar-refractivity contribution in [2.45, 2.75) is 19.8 Å². The largest absolute Gasteiger partial charge is 0.319 e. The molecule has 1 aliphatic heterocycles. The van der Waals surface area contributed by atoms with Crippen LogP contribution in [-0.4, -0.2) is 33.5 Å². The first kappa shape index (κ1) is 13.3. The zero-order valence-corrected chi connectivity index (χ0v) is 11.6. The van der Waals surface area contributed by atoms with E-state index in [-0.39, 0.29) is 17.6 Å². The molecule has 7 nitrogen and oxygen atoms in total. The molecule has 0 aliphatic carbocycles. The molecule has 3 rings (SSSR count). The van der Waals surface area contributed by atoms with E-state index in [2.05, 4.69) is 20.5 Å². The summed E-state index contributed by atoms with van der Waals surface area (Å²) < 4.78 is 0. The fourth-order valence-corrected chi connectivity index (χ4v) is 2.30. The predicted octanol–water partition coefficient (Wildman–Crippen LogP) is 1.49. The van der Waals surface area contributed by atoms with E-state index in [1.54, 1.807) is 30.0 Å². The fourth-order valence-electron chi connectivity index (χ4n) is 2.30. The summed E-state index contributed by atoms with van der Waals surface area (Å²) >= 11 is 0. The van der Waals surface area contributed by atoms with Crippen LogP contribution in [0.3, 0.4) is 0 Å². The van der Waals surface area contributed by atoms with Gasteiger partial charge in [0, 0.05) is 24.3 Å². The summed E-state index contributed by atoms with van der Waals surface area (Å²) in [6, 6.07) is 7.21. The van der Waals surface area contributed by atoms with Gasteiger partial charge in [-0.05, 0) is 31.5 Å². The van der Waals surface area contributed by atoms with Crippen molar-refractivity contribution in [3.05, 3.63) is 35.9 Å². The predicted molar refractivity (Wildman–Crippen MR) is 77.1 cm³/mol. The van der Waals surface area contributed by atoms with Gasteiger partial charge in [-0.25, -0.2) is 4.98 Å². The molecule has 2 amide bonds. The zero-order chi connectivity index (χ0) is 14.8. The number of nitrogens with zero attached hydrogens (tertiary/aromatic N) is 3. The monoisotopic (exact) mass is 285 g/mol. The molecule has 1 saturated heterocycles. The van der Waals surface area contributed by atoms with Gasteiger partial charge in [-0.1, -0.05) is 6.07 Å². The number of amides is 2. The van der Waals surface area contributed by atoms with Crippen LogP contribution < -0.4 is 10.2 Å². The van der Waals surface area contributed by atoms with Gasteiger partial charge >= 0.3 is 0 Å². The lowest BCUT2D eigenvalue weighted by atomic mass is 10.2. The Hall–Kier alpha value is -2.70. The average molecular weight is 285 g/mol. The molecule has 1 aromatic carbocycles. The van der Waals surface area contributed by atoms with Crippen LogP contribution in [0.1, 0.15) is 29.3 Å². The molecule has 0 atom stereocenters. The van der Waals surface area contributed by atoms with Gasteiger partial charge in [0.15, 0.2) is 0 Å². The van der Waals surface area contributed by atoms with Gasteiger partial charge in [0.25, 0.3) is 5.91 Å². The smallest absolute Gasteiger partial charge is 0.295 e. The van der Waals surface area contributed by atoms with Gasteiger partial charge in [0.2, 0.25) is 11.7 Å². The van der Waals surface area contributed by atoms with Crippen molar-refractivity contribution in [3.8, 4) is 0 Å². The molecule has 1 fully saturated rings. The molecule has 1 aliphatic rings. The second-order valence-electron chi connectivity index (χ2n) is 4.90. The van der Waals surface area contributed by atoms with Crippen molar-refractivity contribution in [1.29, 1.82) is 0 Å². The first-order chi connectivity index (χ1) is 10.1. The third-order valence-corrected chi connectivity index (χ3v) is 3.29. The van der Waals surface area contributed by atoms with Crippen LogP contribution in [-0.2, 0) is 4.79 Å². The van der Waals surface area contributed by atoms with Gasteiger partial charge in [-0.3, -0.25) is 14.7 Å². The van der Waals surface area contributed by atoms with Crippen molar-refractivity contribution in [1.82, 2.24) is 15.2 Å². The van der Waals surface area contributed by atoms with Crippen molar-refractivity contribution in [2.75, 3.05) is 16.8 Å². The minimum Gasteiger partial charge on any atom is -0.319 e. The third kappa shape index (κ3) is 2.76. The molecular weight excluding hydrogens is 270 g/mol. The van der Waals surface area contributed by atoms with Crippen LogP contribution in [0.5, 0.6) is 0 Å². The lowest BCUT2D eigenvalue weighted by Crippen LogP contribution is -2.23. The lowest BCUT2D eigenvalue weighted by molar-refractivity contribution is -0.117. The lowest BCUT2D eigenvalue weighted by Gasteiger charge is -2.16. The molecule has 1 aromatic heterocycles. The number of aromatic amines is 1. The van der Waals surface area contributed by atoms with E-state index >= 15 is 0 Å². The van der Waals surface area contributed by atoms with E-state index in [1.165, 1.54) is 0 Å².